The van der Waals surface area contributed by atoms with Crippen LogP contribution in [0.2, 0.25) is 0 Å². The molecule has 2 saturated heterocycles. The van der Waals surface area contributed by atoms with Gasteiger partial charge in [0.15, 0.2) is 6.23 Å². The number of carbonyl (C=O) groups excluding carboxylic acids is 2. The summed E-state index contributed by atoms with van der Waals surface area (Å²) in [5.74, 6) is -1.08. The molecular formula is C19H17BrN2O3. The standard InChI is InChI=1S/C19H17BrN2O3/c20-13-6-8-14(9-7-13)21-17(23)16-10-15-11-25-19(22(15)18(16)24)12-4-2-1-3-5-12/h1-9,15-16,19H,10-11H2,(H,21,23)/t15-,16?,19+/m0/s1. The van der Waals surface area contributed by atoms with Gasteiger partial charge in [-0.1, -0.05) is 46.3 Å². The number of nitrogens with one attached hydrogen (secondary N) is 1. The molecule has 6 heteroatoms. The zero-order valence-corrected chi connectivity index (χ0v) is 15.0. The molecule has 2 amide bonds. The van der Waals surface area contributed by atoms with Gasteiger partial charge in [-0.05, 0) is 30.7 Å². The highest BCUT2D eigenvalue weighted by atomic mass is 79.9. The third-order valence-corrected chi connectivity index (χ3v) is 5.19. The summed E-state index contributed by atoms with van der Waals surface area (Å²) >= 11 is 3.36. The molecule has 2 aliphatic heterocycles. The van der Waals surface area contributed by atoms with Gasteiger partial charge in [0.1, 0.15) is 5.92 Å². The number of rotatable bonds is 3. The number of carbonyl (C=O) groups is 2. The molecule has 2 aromatic rings. The fourth-order valence-corrected chi connectivity index (χ4v) is 3.70. The number of hydrogen-bond acceptors (Lipinski definition) is 3. The predicted octanol–water partition coefficient (Wildman–Crippen LogP) is 3.33. The van der Waals surface area contributed by atoms with Crippen LogP contribution in [0.25, 0.3) is 0 Å². The molecule has 4 rings (SSSR count). The lowest BCUT2D eigenvalue weighted by Crippen LogP contribution is -2.35. The average molecular weight is 401 g/mol. The first kappa shape index (κ1) is 16.3. The van der Waals surface area contributed by atoms with E-state index >= 15 is 0 Å². The number of nitrogens with zero attached hydrogens (tertiary/aromatic N) is 1. The summed E-state index contributed by atoms with van der Waals surface area (Å²) in [5, 5.41) is 2.84. The molecule has 2 heterocycles. The molecule has 0 saturated carbocycles. The molecule has 2 fully saturated rings. The van der Waals surface area contributed by atoms with Crippen molar-refractivity contribution in [3.05, 3.63) is 64.6 Å². The highest BCUT2D eigenvalue weighted by molar-refractivity contribution is 9.10. The second-order valence-corrected chi connectivity index (χ2v) is 7.20. The maximum atomic E-state index is 12.8. The Kier molecular flexibility index (Phi) is 4.31. The van der Waals surface area contributed by atoms with Gasteiger partial charge >= 0.3 is 0 Å². The Balaban J connectivity index is 1.49. The van der Waals surface area contributed by atoms with Crippen molar-refractivity contribution in [3.8, 4) is 0 Å². The van der Waals surface area contributed by atoms with Crippen LogP contribution in [0.5, 0.6) is 0 Å². The first-order valence-electron chi connectivity index (χ1n) is 8.18. The summed E-state index contributed by atoms with van der Waals surface area (Å²) in [6, 6.07) is 16.9. The molecule has 128 valence electrons. The van der Waals surface area contributed by atoms with Gasteiger partial charge in [0.05, 0.1) is 12.6 Å². The average Bonchev–Trinajstić information content (AvgIpc) is 3.18. The molecule has 0 aliphatic carbocycles. The monoisotopic (exact) mass is 400 g/mol. The quantitative estimate of drug-likeness (QED) is 0.803. The molecule has 0 bridgehead atoms. The van der Waals surface area contributed by atoms with Crippen molar-refractivity contribution >= 4 is 33.4 Å². The molecule has 0 aromatic heterocycles. The number of benzene rings is 2. The second kappa shape index (κ2) is 6.61. The third-order valence-electron chi connectivity index (χ3n) is 4.67. The number of ether oxygens (including phenoxy) is 1. The maximum Gasteiger partial charge on any atom is 0.237 e. The molecule has 2 aromatic carbocycles. The lowest BCUT2D eigenvalue weighted by Gasteiger charge is -2.23. The summed E-state index contributed by atoms with van der Waals surface area (Å²) in [4.78, 5) is 27.1. The molecule has 0 radical (unpaired) electrons. The van der Waals surface area contributed by atoms with Crippen LogP contribution in [0.1, 0.15) is 18.2 Å². The zero-order valence-electron chi connectivity index (χ0n) is 13.4. The summed E-state index contributed by atoms with van der Waals surface area (Å²) in [7, 11) is 0. The van der Waals surface area contributed by atoms with Crippen molar-refractivity contribution in [1.29, 1.82) is 0 Å². The van der Waals surface area contributed by atoms with E-state index in [1.54, 1.807) is 17.0 Å². The van der Waals surface area contributed by atoms with E-state index in [9.17, 15) is 9.59 Å². The van der Waals surface area contributed by atoms with Crippen LogP contribution in [-0.4, -0.2) is 29.4 Å². The van der Waals surface area contributed by atoms with E-state index in [1.807, 2.05) is 42.5 Å². The lowest BCUT2D eigenvalue weighted by molar-refractivity contribution is -0.140. The fraction of sp³-hybridized carbons (Fsp3) is 0.263. The Morgan fingerprint density at radius 3 is 2.56 bits per heavy atom. The minimum Gasteiger partial charge on any atom is -0.352 e. The summed E-state index contributed by atoms with van der Waals surface area (Å²) in [6.45, 7) is 0.466. The van der Waals surface area contributed by atoms with E-state index in [0.717, 1.165) is 10.0 Å². The van der Waals surface area contributed by atoms with Crippen molar-refractivity contribution in [1.82, 2.24) is 4.90 Å². The Hall–Kier alpha value is -2.18. The maximum absolute atomic E-state index is 12.8. The van der Waals surface area contributed by atoms with Gasteiger partial charge < -0.3 is 15.0 Å². The molecule has 5 nitrogen and oxygen atoms in total. The molecule has 3 atom stereocenters. The Bertz CT molecular complexity index is 794. The number of anilines is 1. The van der Waals surface area contributed by atoms with Crippen LogP contribution in [0.4, 0.5) is 5.69 Å². The summed E-state index contributed by atoms with van der Waals surface area (Å²) in [6.07, 6.45) is 0.0917. The minimum absolute atomic E-state index is 0.0432. The van der Waals surface area contributed by atoms with Crippen LogP contribution in [-0.2, 0) is 14.3 Å². The first-order valence-corrected chi connectivity index (χ1v) is 8.98. The van der Waals surface area contributed by atoms with Crippen molar-refractivity contribution in [3.63, 3.8) is 0 Å². The van der Waals surface area contributed by atoms with Gasteiger partial charge in [0.2, 0.25) is 11.8 Å². The topological polar surface area (TPSA) is 58.6 Å². The number of fused-ring (bicyclic) bond motifs is 1. The molecule has 25 heavy (non-hydrogen) atoms. The minimum atomic E-state index is -0.663. The van der Waals surface area contributed by atoms with Gasteiger partial charge in [0.25, 0.3) is 0 Å². The normalized spacial score (nSPS) is 25.1. The number of hydrogen-bond donors (Lipinski definition) is 1. The van der Waals surface area contributed by atoms with E-state index in [0.29, 0.717) is 18.7 Å². The van der Waals surface area contributed by atoms with Gasteiger partial charge in [-0.3, -0.25) is 9.59 Å². The van der Waals surface area contributed by atoms with E-state index < -0.39 is 12.1 Å². The number of halogens is 1. The summed E-state index contributed by atoms with van der Waals surface area (Å²) < 4.78 is 6.74. The largest absolute Gasteiger partial charge is 0.352 e. The Morgan fingerprint density at radius 2 is 1.84 bits per heavy atom. The van der Waals surface area contributed by atoms with E-state index in [1.165, 1.54) is 0 Å². The van der Waals surface area contributed by atoms with Crippen LogP contribution < -0.4 is 5.32 Å². The van der Waals surface area contributed by atoms with Gasteiger partial charge in [0, 0.05) is 15.7 Å². The van der Waals surface area contributed by atoms with Crippen molar-refractivity contribution in [2.45, 2.75) is 18.7 Å². The fourth-order valence-electron chi connectivity index (χ4n) is 3.44. The highest BCUT2D eigenvalue weighted by Gasteiger charge is 2.50. The second-order valence-electron chi connectivity index (χ2n) is 6.28. The van der Waals surface area contributed by atoms with Crippen LogP contribution >= 0.6 is 15.9 Å². The summed E-state index contributed by atoms with van der Waals surface area (Å²) in [5.41, 5.74) is 1.62. The van der Waals surface area contributed by atoms with Crippen LogP contribution in [0.15, 0.2) is 59.1 Å². The first-order chi connectivity index (χ1) is 12.1. The van der Waals surface area contributed by atoms with Crippen LogP contribution in [0.3, 0.4) is 0 Å². The van der Waals surface area contributed by atoms with Crippen molar-refractivity contribution < 1.29 is 14.3 Å². The predicted molar refractivity (Wildman–Crippen MR) is 96.6 cm³/mol. The third kappa shape index (κ3) is 3.07. The lowest BCUT2D eigenvalue weighted by atomic mass is 10.0. The van der Waals surface area contributed by atoms with Crippen molar-refractivity contribution in [2.24, 2.45) is 5.92 Å². The highest BCUT2D eigenvalue weighted by Crippen LogP contribution is 2.39. The Morgan fingerprint density at radius 1 is 1.12 bits per heavy atom. The SMILES string of the molecule is O=C(Nc1ccc(Br)cc1)C1C[C@H]2CO[C@H](c3ccccc3)N2C1=O. The van der Waals surface area contributed by atoms with E-state index in [-0.39, 0.29) is 17.9 Å². The molecule has 2 aliphatic rings. The number of amides is 2. The van der Waals surface area contributed by atoms with Crippen LogP contribution in [0, 0.1) is 5.92 Å². The van der Waals surface area contributed by atoms with E-state index in [2.05, 4.69) is 21.2 Å². The van der Waals surface area contributed by atoms with Gasteiger partial charge in [-0.15, -0.1) is 0 Å². The Labute approximate surface area is 154 Å². The molecule has 1 N–H and O–H groups in total. The van der Waals surface area contributed by atoms with Gasteiger partial charge in [-0.2, -0.15) is 0 Å². The smallest absolute Gasteiger partial charge is 0.237 e. The molecule has 1 unspecified atom stereocenters. The molecule has 0 spiro atoms. The van der Waals surface area contributed by atoms with Crippen molar-refractivity contribution in [2.75, 3.05) is 11.9 Å². The van der Waals surface area contributed by atoms with E-state index in [4.69, 9.17) is 4.74 Å². The zero-order chi connectivity index (χ0) is 17.4. The molecular weight excluding hydrogens is 384 g/mol. The van der Waals surface area contributed by atoms with Gasteiger partial charge in [-0.25, -0.2) is 0 Å².